The lowest BCUT2D eigenvalue weighted by Crippen LogP contribution is -2.09. The van der Waals surface area contributed by atoms with Gasteiger partial charge in [-0.1, -0.05) is 20.3 Å². The predicted octanol–water partition coefficient (Wildman–Crippen LogP) is 4.37. The Hall–Kier alpha value is -1.01. The molecule has 0 amide bonds. The van der Waals surface area contributed by atoms with Gasteiger partial charge in [0, 0.05) is 11.9 Å². The Kier molecular flexibility index (Phi) is 6.11. The van der Waals surface area contributed by atoms with Crippen LogP contribution in [0, 0.1) is 6.92 Å². The summed E-state index contributed by atoms with van der Waals surface area (Å²) in [5, 5.41) is 6.54. The van der Waals surface area contributed by atoms with Gasteiger partial charge in [-0.25, -0.2) is 15.0 Å². The number of anilines is 1. The van der Waals surface area contributed by atoms with E-state index >= 15 is 0 Å². The summed E-state index contributed by atoms with van der Waals surface area (Å²) < 4.78 is 0.996. The van der Waals surface area contributed by atoms with Gasteiger partial charge < -0.3 is 5.32 Å². The Labute approximate surface area is 138 Å². The molecule has 0 saturated heterocycles. The van der Waals surface area contributed by atoms with Crippen molar-refractivity contribution in [2.75, 3.05) is 11.9 Å². The number of halogens is 1. The summed E-state index contributed by atoms with van der Waals surface area (Å²) >= 11 is 5.30. The standard InChI is InChI=1S/C15H21BrN4S/c1-4-6-12-14(16)15(17-7-5-2)20-13(19-12)8-11-9-21-10(3)18-11/h9H,4-8H2,1-3H3,(H,17,19,20). The number of nitrogens with one attached hydrogen (secondary N) is 1. The molecular weight excluding hydrogens is 348 g/mol. The van der Waals surface area contributed by atoms with E-state index in [4.69, 9.17) is 4.98 Å². The van der Waals surface area contributed by atoms with Crippen molar-refractivity contribution in [1.29, 1.82) is 0 Å². The maximum atomic E-state index is 4.70. The van der Waals surface area contributed by atoms with Crippen LogP contribution in [0.1, 0.15) is 48.9 Å². The van der Waals surface area contributed by atoms with E-state index in [1.54, 1.807) is 11.3 Å². The topological polar surface area (TPSA) is 50.7 Å². The van der Waals surface area contributed by atoms with Crippen LogP contribution in [0.5, 0.6) is 0 Å². The lowest BCUT2D eigenvalue weighted by Gasteiger charge is -2.12. The zero-order chi connectivity index (χ0) is 15.2. The van der Waals surface area contributed by atoms with Gasteiger partial charge in [-0.05, 0) is 35.7 Å². The Balaban J connectivity index is 2.28. The van der Waals surface area contributed by atoms with Crippen molar-refractivity contribution in [1.82, 2.24) is 15.0 Å². The van der Waals surface area contributed by atoms with Gasteiger partial charge in [0.15, 0.2) is 0 Å². The van der Waals surface area contributed by atoms with Crippen LogP contribution in [0.3, 0.4) is 0 Å². The molecule has 2 aromatic rings. The fourth-order valence-electron chi connectivity index (χ4n) is 2.04. The average molecular weight is 369 g/mol. The monoisotopic (exact) mass is 368 g/mol. The fourth-order valence-corrected chi connectivity index (χ4v) is 3.17. The Morgan fingerprint density at radius 3 is 2.62 bits per heavy atom. The Morgan fingerprint density at radius 1 is 1.19 bits per heavy atom. The predicted molar refractivity (Wildman–Crippen MR) is 92.2 cm³/mol. The molecule has 1 N–H and O–H groups in total. The molecule has 0 bridgehead atoms. The fraction of sp³-hybridized carbons (Fsp3) is 0.533. The first-order valence-electron chi connectivity index (χ1n) is 7.34. The first kappa shape index (κ1) is 16.4. The molecule has 0 aromatic carbocycles. The zero-order valence-electron chi connectivity index (χ0n) is 12.7. The van der Waals surface area contributed by atoms with Crippen LogP contribution in [0.4, 0.5) is 5.82 Å². The van der Waals surface area contributed by atoms with Gasteiger partial charge in [0.1, 0.15) is 11.6 Å². The minimum absolute atomic E-state index is 0.690. The summed E-state index contributed by atoms with van der Waals surface area (Å²) in [7, 11) is 0. The van der Waals surface area contributed by atoms with Crippen molar-refractivity contribution >= 4 is 33.1 Å². The molecule has 2 heterocycles. The molecule has 0 aliphatic rings. The number of thiazole rings is 1. The van der Waals surface area contributed by atoms with Crippen LogP contribution >= 0.6 is 27.3 Å². The van der Waals surface area contributed by atoms with Crippen LogP contribution in [0.25, 0.3) is 0 Å². The number of rotatable bonds is 7. The van der Waals surface area contributed by atoms with E-state index in [0.29, 0.717) is 6.42 Å². The SMILES string of the molecule is CCCNc1nc(Cc2csc(C)n2)nc(CCC)c1Br. The lowest BCUT2D eigenvalue weighted by atomic mass is 10.2. The molecule has 0 saturated carbocycles. The van der Waals surface area contributed by atoms with Crippen molar-refractivity contribution in [3.63, 3.8) is 0 Å². The van der Waals surface area contributed by atoms with Crippen molar-refractivity contribution in [2.24, 2.45) is 0 Å². The quantitative estimate of drug-likeness (QED) is 0.788. The molecule has 0 fully saturated rings. The molecule has 0 atom stereocenters. The number of hydrogen-bond donors (Lipinski definition) is 1. The highest BCUT2D eigenvalue weighted by Gasteiger charge is 2.12. The van der Waals surface area contributed by atoms with Crippen molar-refractivity contribution in [3.05, 3.63) is 32.1 Å². The lowest BCUT2D eigenvalue weighted by molar-refractivity contribution is 0.826. The molecule has 0 spiro atoms. The molecule has 114 valence electrons. The molecule has 2 aromatic heterocycles. The smallest absolute Gasteiger partial charge is 0.144 e. The van der Waals surface area contributed by atoms with Gasteiger partial charge in [0.2, 0.25) is 0 Å². The van der Waals surface area contributed by atoms with Gasteiger partial charge >= 0.3 is 0 Å². The maximum Gasteiger partial charge on any atom is 0.144 e. The van der Waals surface area contributed by atoms with Gasteiger partial charge in [0.25, 0.3) is 0 Å². The number of hydrogen-bond acceptors (Lipinski definition) is 5. The van der Waals surface area contributed by atoms with Gasteiger partial charge in [-0.2, -0.15) is 0 Å². The number of aromatic nitrogens is 3. The first-order chi connectivity index (χ1) is 10.1. The highest BCUT2D eigenvalue weighted by molar-refractivity contribution is 9.10. The van der Waals surface area contributed by atoms with Crippen LogP contribution in [-0.4, -0.2) is 21.5 Å². The second-order valence-electron chi connectivity index (χ2n) is 4.96. The summed E-state index contributed by atoms with van der Waals surface area (Å²) in [5.74, 6) is 1.74. The summed E-state index contributed by atoms with van der Waals surface area (Å²) in [5.41, 5.74) is 2.12. The van der Waals surface area contributed by atoms with Gasteiger partial charge in [0.05, 0.1) is 27.3 Å². The highest BCUT2D eigenvalue weighted by atomic mass is 79.9. The summed E-state index contributed by atoms with van der Waals surface area (Å²) in [6.07, 6.45) is 3.78. The molecule has 0 aliphatic carbocycles. The third-order valence-corrected chi connectivity index (χ3v) is 4.66. The largest absolute Gasteiger partial charge is 0.369 e. The van der Waals surface area contributed by atoms with E-state index in [9.17, 15) is 0 Å². The highest BCUT2D eigenvalue weighted by Crippen LogP contribution is 2.25. The van der Waals surface area contributed by atoms with E-state index in [1.165, 1.54) is 0 Å². The van der Waals surface area contributed by atoms with E-state index in [2.05, 4.69) is 50.4 Å². The average Bonchev–Trinajstić information content (AvgIpc) is 2.86. The minimum atomic E-state index is 0.690. The Morgan fingerprint density at radius 2 is 2.00 bits per heavy atom. The molecule has 0 aliphatic heterocycles. The maximum absolute atomic E-state index is 4.70. The van der Waals surface area contributed by atoms with E-state index in [1.807, 2.05) is 6.92 Å². The normalized spacial score (nSPS) is 10.9. The molecule has 21 heavy (non-hydrogen) atoms. The number of aryl methyl sites for hydroxylation is 2. The zero-order valence-corrected chi connectivity index (χ0v) is 15.1. The van der Waals surface area contributed by atoms with E-state index in [0.717, 1.165) is 58.3 Å². The molecule has 6 heteroatoms. The summed E-state index contributed by atoms with van der Waals surface area (Å²) in [4.78, 5) is 13.9. The van der Waals surface area contributed by atoms with E-state index < -0.39 is 0 Å². The summed E-state index contributed by atoms with van der Waals surface area (Å²) in [6.45, 7) is 7.24. The molecule has 0 unspecified atom stereocenters. The number of nitrogens with zero attached hydrogens (tertiary/aromatic N) is 3. The van der Waals surface area contributed by atoms with Crippen molar-refractivity contribution in [2.45, 2.75) is 46.5 Å². The molecule has 2 rings (SSSR count). The molecule has 0 radical (unpaired) electrons. The van der Waals surface area contributed by atoms with Gasteiger partial charge in [-0.15, -0.1) is 11.3 Å². The summed E-state index contributed by atoms with van der Waals surface area (Å²) in [6, 6.07) is 0. The van der Waals surface area contributed by atoms with Crippen molar-refractivity contribution in [3.8, 4) is 0 Å². The second kappa shape index (κ2) is 7.84. The minimum Gasteiger partial charge on any atom is -0.369 e. The molecule has 4 nitrogen and oxygen atoms in total. The van der Waals surface area contributed by atoms with Crippen LogP contribution in [0.15, 0.2) is 9.85 Å². The van der Waals surface area contributed by atoms with Crippen LogP contribution in [-0.2, 0) is 12.8 Å². The van der Waals surface area contributed by atoms with E-state index in [-0.39, 0.29) is 0 Å². The van der Waals surface area contributed by atoms with Crippen LogP contribution < -0.4 is 5.32 Å². The second-order valence-corrected chi connectivity index (χ2v) is 6.82. The Bertz CT molecular complexity index is 597. The third-order valence-electron chi connectivity index (χ3n) is 3.00. The van der Waals surface area contributed by atoms with Crippen molar-refractivity contribution < 1.29 is 0 Å². The molecular formula is C15H21BrN4S. The first-order valence-corrected chi connectivity index (χ1v) is 9.01. The van der Waals surface area contributed by atoms with Crippen LogP contribution in [0.2, 0.25) is 0 Å². The third kappa shape index (κ3) is 4.48. The van der Waals surface area contributed by atoms with Gasteiger partial charge in [-0.3, -0.25) is 0 Å².